The number of aryl methyl sites for hydroxylation is 2. The van der Waals surface area contributed by atoms with E-state index in [0.717, 1.165) is 51.1 Å². The van der Waals surface area contributed by atoms with Gasteiger partial charge >= 0.3 is 0 Å². The fourth-order valence-electron chi connectivity index (χ4n) is 3.38. The summed E-state index contributed by atoms with van der Waals surface area (Å²) in [6, 6.07) is 16.8. The number of allylic oxidation sites excluding steroid dienone is 1. The second-order valence-electron chi connectivity index (χ2n) is 7.94. The Morgan fingerprint density at radius 2 is 1.53 bits per heavy atom. The Morgan fingerprint density at radius 3 is 2.03 bits per heavy atom. The minimum absolute atomic E-state index is 0.192. The summed E-state index contributed by atoms with van der Waals surface area (Å²) in [7, 11) is 1.64. The highest BCUT2D eigenvalue weighted by Crippen LogP contribution is 2.37. The van der Waals surface area contributed by atoms with Crippen molar-refractivity contribution in [3.05, 3.63) is 83.4 Å². The molecule has 0 aliphatic rings. The Kier molecular flexibility index (Phi) is 11.3. The molecule has 0 fully saturated rings. The van der Waals surface area contributed by atoms with Gasteiger partial charge in [0.25, 0.3) is 0 Å². The third-order valence-electron chi connectivity index (χ3n) is 5.23. The van der Waals surface area contributed by atoms with Crippen LogP contribution in [0, 0.1) is 13.8 Å². The summed E-state index contributed by atoms with van der Waals surface area (Å²) in [5.41, 5.74) is 12.9. The van der Waals surface area contributed by atoms with Gasteiger partial charge in [0.05, 0.1) is 7.11 Å². The maximum Gasteiger partial charge on any atom is 0.162 e. The molecule has 0 radical (unpaired) electrons. The van der Waals surface area contributed by atoms with Gasteiger partial charge in [-0.25, -0.2) is 0 Å². The molecule has 3 aromatic carbocycles. The maximum absolute atomic E-state index is 11.3. The molecule has 0 bridgehead atoms. The second kappa shape index (κ2) is 13.6. The van der Waals surface area contributed by atoms with Crippen LogP contribution in [-0.4, -0.2) is 24.8 Å². The molecule has 0 unspecified atom stereocenters. The smallest absolute Gasteiger partial charge is 0.162 e. The maximum atomic E-state index is 11.3. The molecule has 0 aliphatic heterocycles. The van der Waals surface area contributed by atoms with Crippen molar-refractivity contribution in [1.82, 2.24) is 0 Å². The zero-order chi connectivity index (χ0) is 25.8. The Hall–Kier alpha value is -3.86. The summed E-state index contributed by atoms with van der Waals surface area (Å²) in [6.45, 7) is 13.9. The first kappa shape index (κ1) is 28.2. The van der Waals surface area contributed by atoms with Crippen LogP contribution in [0.2, 0.25) is 0 Å². The summed E-state index contributed by atoms with van der Waals surface area (Å²) < 4.78 is 5.34. The van der Waals surface area contributed by atoms with Crippen LogP contribution in [0.4, 0.5) is 5.69 Å². The average Bonchev–Trinajstić information content (AvgIpc) is 2.82. The first-order valence-corrected chi connectivity index (χ1v) is 11.0. The number of hydrogen-bond acceptors (Lipinski definition) is 5. The van der Waals surface area contributed by atoms with Crippen LogP contribution in [0.15, 0.2) is 61.2 Å². The van der Waals surface area contributed by atoms with E-state index in [1.807, 2.05) is 52.7 Å². The quantitative estimate of drug-likeness (QED) is 0.312. The molecule has 0 heterocycles. The van der Waals surface area contributed by atoms with Crippen molar-refractivity contribution in [3.63, 3.8) is 0 Å². The highest BCUT2D eigenvalue weighted by molar-refractivity contribution is 5.96. The SMILES string of the molecule is C=C(C)c1ccc(-c2cc(OC)c(C)cc2O)c(C)c1.C=O.CCCC(=O)c1ccc(N)cc1. The number of phenols is 1. The topological polar surface area (TPSA) is 89.6 Å². The number of nitrogen functional groups attached to an aromatic ring is 1. The first-order valence-electron chi connectivity index (χ1n) is 11.0. The molecule has 0 spiro atoms. The fraction of sp³-hybridized carbons (Fsp3) is 0.241. The first-order chi connectivity index (χ1) is 16.2. The van der Waals surface area contributed by atoms with Crippen molar-refractivity contribution >= 4 is 23.8 Å². The number of Topliss-reactive ketones (excluding diaryl/α,β-unsaturated/α-hetero) is 1. The van der Waals surface area contributed by atoms with Crippen LogP contribution >= 0.6 is 0 Å². The van der Waals surface area contributed by atoms with Gasteiger partial charge in [0.15, 0.2) is 5.78 Å². The van der Waals surface area contributed by atoms with Crippen LogP contribution in [0.25, 0.3) is 16.7 Å². The van der Waals surface area contributed by atoms with Crippen LogP contribution in [0.1, 0.15) is 53.7 Å². The molecule has 0 aromatic heterocycles. The summed E-state index contributed by atoms with van der Waals surface area (Å²) in [5, 5.41) is 10.2. The van der Waals surface area contributed by atoms with Gasteiger partial charge in [-0.2, -0.15) is 0 Å². The standard InChI is InChI=1S/C18H20O2.C10H13NO.CH2O/c1-11(2)14-6-7-15(12(3)8-14)16-10-18(20-5)13(4)9-17(16)19;1-2-3-10(12)8-4-6-9(11)7-5-8;1-2/h6-10,19H,1H2,2-5H3;4-7H,2-3,11H2,1H3;1H2. The van der Waals surface area contributed by atoms with E-state index < -0.39 is 0 Å². The lowest BCUT2D eigenvalue weighted by molar-refractivity contribution is -0.0980. The Bertz CT molecular complexity index is 1120. The van der Waals surface area contributed by atoms with E-state index in [1.165, 1.54) is 0 Å². The number of nitrogens with two attached hydrogens (primary N) is 1. The lowest BCUT2D eigenvalue weighted by Crippen LogP contribution is -1.97. The normalized spacial score (nSPS) is 9.68. The minimum Gasteiger partial charge on any atom is -0.507 e. The number of carbonyl (C=O) groups excluding carboxylic acids is 2. The average molecular weight is 462 g/mol. The monoisotopic (exact) mass is 461 g/mol. The van der Waals surface area contributed by atoms with E-state index in [9.17, 15) is 9.90 Å². The number of carbonyl (C=O) groups is 2. The van der Waals surface area contributed by atoms with Crippen LogP contribution in [0.5, 0.6) is 11.5 Å². The number of methoxy groups -OCH3 is 1. The summed E-state index contributed by atoms with van der Waals surface area (Å²) in [5.74, 6) is 1.24. The van der Waals surface area contributed by atoms with Gasteiger partial charge in [0.2, 0.25) is 0 Å². The molecule has 0 aliphatic carbocycles. The van der Waals surface area contributed by atoms with Gasteiger partial charge in [0.1, 0.15) is 18.3 Å². The summed E-state index contributed by atoms with van der Waals surface area (Å²) >= 11 is 0. The van der Waals surface area contributed by atoms with E-state index in [-0.39, 0.29) is 11.5 Å². The molecule has 3 aromatic rings. The van der Waals surface area contributed by atoms with Crippen molar-refractivity contribution in [2.75, 3.05) is 12.8 Å². The highest BCUT2D eigenvalue weighted by atomic mass is 16.5. The number of hydrogen-bond donors (Lipinski definition) is 2. The molecule has 5 nitrogen and oxygen atoms in total. The second-order valence-corrected chi connectivity index (χ2v) is 7.94. The lowest BCUT2D eigenvalue weighted by Gasteiger charge is -2.13. The number of ether oxygens (including phenoxy) is 1. The van der Waals surface area contributed by atoms with E-state index in [2.05, 4.69) is 12.6 Å². The van der Waals surface area contributed by atoms with Crippen molar-refractivity contribution in [1.29, 1.82) is 0 Å². The predicted molar refractivity (Wildman–Crippen MR) is 141 cm³/mol. The number of ketones is 1. The Labute approximate surface area is 202 Å². The van der Waals surface area contributed by atoms with Crippen LogP contribution in [-0.2, 0) is 4.79 Å². The van der Waals surface area contributed by atoms with Gasteiger partial charge in [-0.1, -0.05) is 37.3 Å². The highest BCUT2D eigenvalue weighted by Gasteiger charge is 2.12. The number of benzene rings is 3. The molecule has 0 atom stereocenters. The van der Waals surface area contributed by atoms with Crippen molar-refractivity contribution in [2.24, 2.45) is 0 Å². The van der Waals surface area contributed by atoms with Gasteiger partial charge in [-0.3, -0.25) is 4.79 Å². The fourth-order valence-corrected chi connectivity index (χ4v) is 3.38. The summed E-state index contributed by atoms with van der Waals surface area (Å²) in [4.78, 5) is 19.3. The van der Waals surface area contributed by atoms with Gasteiger partial charge in [0, 0.05) is 23.2 Å². The number of rotatable bonds is 6. The van der Waals surface area contributed by atoms with Crippen molar-refractivity contribution < 1.29 is 19.4 Å². The molecule has 0 amide bonds. The van der Waals surface area contributed by atoms with E-state index in [4.69, 9.17) is 15.3 Å². The Balaban J connectivity index is 0.000000353. The number of anilines is 1. The van der Waals surface area contributed by atoms with Crippen LogP contribution < -0.4 is 10.5 Å². The molecular weight excluding hydrogens is 426 g/mol. The van der Waals surface area contributed by atoms with Crippen molar-refractivity contribution in [2.45, 2.75) is 40.5 Å². The molecule has 3 rings (SSSR count). The van der Waals surface area contributed by atoms with Gasteiger partial charge in [-0.05, 0) is 85.8 Å². The third-order valence-corrected chi connectivity index (χ3v) is 5.23. The van der Waals surface area contributed by atoms with E-state index >= 15 is 0 Å². The summed E-state index contributed by atoms with van der Waals surface area (Å²) in [6.07, 6.45) is 1.51. The number of phenolic OH excluding ortho intramolecular Hbond substituents is 1. The van der Waals surface area contributed by atoms with Gasteiger partial charge in [-0.15, -0.1) is 0 Å². The molecule has 3 N–H and O–H groups in total. The molecule has 34 heavy (non-hydrogen) atoms. The molecular formula is C29H35NO4. The minimum atomic E-state index is 0.192. The van der Waals surface area contributed by atoms with E-state index in [0.29, 0.717) is 12.1 Å². The molecule has 0 saturated carbocycles. The zero-order valence-electron chi connectivity index (χ0n) is 20.8. The molecule has 180 valence electrons. The zero-order valence-corrected chi connectivity index (χ0v) is 20.8. The van der Waals surface area contributed by atoms with E-state index in [1.54, 1.807) is 37.4 Å². The third kappa shape index (κ3) is 7.62. The largest absolute Gasteiger partial charge is 0.507 e. The lowest BCUT2D eigenvalue weighted by atomic mass is 9.95. The van der Waals surface area contributed by atoms with Crippen molar-refractivity contribution in [3.8, 4) is 22.6 Å². The van der Waals surface area contributed by atoms with Gasteiger partial charge < -0.3 is 20.4 Å². The molecule has 5 heteroatoms. The number of aromatic hydroxyl groups is 1. The Morgan fingerprint density at radius 1 is 0.941 bits per heavy atom. The van der Waals surface area contributed by atoms with Crippen LogP contribution in [0.3, 0.4) is 0 Å². The predicted octanol–water partition coefficient (Wildman–Crippen LogP) is 6.78. The molecule has 0 saturated heterocycles.